The van der Waals surface area contributed by atoms with Crippen molar-refractivity contribution in [3.63, 3.8) is 0 Å². The third-order valence-corrected chi connectivity index (χ3v) is 4.60. The molecule has 3 heteroatoms. The molecule has 17 heavy (non-hydrogen) atoms. The van der Waals surface area contributed by atoms with Crippen LogP contribution < -0.4 is 5.32 Å². The minimum atomic E-state index is -0.0870. The van der Waals surface area contributed by atoms with Gasteiger partial charge in [0.1, 0.15) is 5.82 Å². The average Bonchev–Trinajstić information content (AvgIpc) is 2.83. The minimum absolute atomic E-state index is 0.0870. The standard InChI is InChI=1S/C14H20FNS/c1-3-16-14(12-6-7-17-9-12)11-5-4-10(2)13(15)8-11/h4-5,8,12,14,16H,3,6-7,9H2,1-2H3. The molecule has 1 nitrogen and oxygen atoms in total. The summed E-state index contributed by atoms with van der Waals surface area (Å²) in [5.41, 5.74) is 1.83. The molecule has 1 fully saturated rings. The van der Waals surface area contributed by atoms with Gasteiger partial charge in [0.25, 0.3) is 0 Å². The van der Waals surface area contributed by atoms with Gasteiger partial charge < -0.3 is 5.32 Å². The highest BCUT2D eigenvalue weighted by atomic mass is 32.2. The third-order valence-electron chi connectivity index (χ3n) is 3.42. The second kappa shape index (κ2) is 5.87. The van der Waals surface area contributed by atoms with Crippen LogP contribution in [-0.4, -0.2) is 18.1 Å². The molecule has 2 atom stereocenters. The average molecular weight is 253 g/mol. The Hall–Kier alpha value is -0.540. The van der Waals surface area contributed by atoms with Crippen molar-refractivity contribution in [3.8, 4) is 0 Å². The summed E-state index contributed by atoms with van der Waals surface area (Å²) < 4.78 is 13.6. The Morgan fingerprint density at radius 3 is 2.94 bits per heavy atom. The van der Waals surface area contributed by atoms with E-state index < -0.39 is 0 Å². The molecule has 2 rings (SSSR count). The number of rotatable bonds is 4. The fraction of sp³-hybridized carbons (Fsp3) is 0.571. The van der Waals surface area contributed by atoms with Crippen molar-refractivity contribution in [2.75, 3.05) is 18.1 Å². The maximum atomic E-state index is 13.6. The summed E-state index contributed by atoms with van der Waals surface area (Å²) in [6, 6.07) is 5.96. The lowest BCUT2D eigenvalue weighted by atomic mass is 9.92. The lowest BCUT2D eigenvalue weighted by Crippen LogP contribution is -2.28. The highest BCUT2D eigenvalue weighted by Crippen LogP contribution is 2.34. The molecule has 0 aliphatic carbocycles. The summed E-state index contributed by atoms with van der Waals surface area (Å²) in [6.07, 6.45) is 1.23. The van der Waals surface area contributed by atoms with E-state index in [-0.39, 0.29) is 5.82 Å². The van der Waals surface area contributed by atoms with Crippen LogP contribution in [0.1, 0.15) is 30.5 Å². The van der Waals surface area contributed by atoms with Gasteiger partial charge in [-0.25, -0.2) is 4.39 Å². The molecule has 1 aromatic rings. The highest BCUT2D eigenvalue weighted by Gasteiger charge is 2.26. The van der Waals surface area contributed by atoms with Crippen molar-refractivity contribution < 1.29 is 4.39 Å². The van der Waals surface area contributed by atoms with E-state index in [4.69, 9.17) is 0 Å². The number of hydrogen-bond acceptors (Lipinski definition) is 2. The molecule has 1 aromatic carbocycles. The van der Waals surface area contributed by atoms with Crippen molar-refractivity contribution in [2.45, 2.75) is 26.3 Å². The van der Waals surface area contributed by atoms with E-state index in [0.29, 0.717) is 12.0 Å². The van der Waals surface area contributed by atoms with E-state index >= 15 is 0 Å². The van der Waals surface area contributed by atoms with Gasteiger partial charge in [-0.15, -0.1) is 0 Å². The van der Waals surface area contributed by atoms with E-state index in [9.17, 15) is 4.39 Å². The number of nitrogens with one attached hydrogen (secondary N) is 1. The second-order valence-corrected chi connectivity index (χ2v) is 5.82. The molecule has 1 aliphatic rings. The Morgan fingerprint density at radius 2 is 2.35 bits per heavy atom. The first-order valence-corrected chi connectivity index (χ1v) is 7.45. The zero-order valence-corrected chi connectivity index (χ0v) is 11.3. The largest absolute Gasteiger partial charge is 0.310 e. The maximum Gasteiger partial charge on any atom is 0.126 e. The van der Waals surface area contributed by atoms with Gasteiger partial charge in [-0.05, 0) is 54.5 Å². The van der Waals surface area contributed by atoms with Gasteiger partial charge in [0.15, 0.2) is 0 Å². The molecule has 0 saturated carbocycles. The molecule has 1 heterocycles. The number of benzene rings is 1. The highest BCUT2D eigenvalue weighted by molar-refractivity contribution is 7.99. The predicted molar refractivity (Wildman–Crippen MR) is 73.0 cm³/mol. The Labute approximate surface area is 107 Å². The maximum absolute atomic E-state index is 13.6. The zero-order chi connectivity index (χ0) is 12.3. The first-order valence-electron chi connectivity index (χ1n) is 6.29. The van der Waals surface area contributed by atoms with Crippen molar-refractivity contribution >= 4 is 11.8 Å². The lowest BCUT2D eigenvalue weighted by Gasteiger charge is -2.24. The normalized spacial score (nSPS) is 21.7. The Kier molecular flexibility index (Phi) is 4.46. The summed E-state index contributed by atoms with van der Waals surface area (Å²) in [5, 5.41) is 3.51. The van der Waals surface area contributed by atoms with Crippen LogP contribution in [0.4, 0.5) is 4.39 Å². The van der Waals surface area contributed by atoms with E-state index in [0.717, 1.165) is 17.7 Å². The van der Waals surface area contributed by atoms with Crippen LogP contribution in [0.25, 0.3) is 0 Å². The molecule has 0 spiro atoms. The van der Waals surface area contributed by atoms with Gasteiger partial charge in [-0.1, -0.05) is 19.1 Å². The zero-order valence-electron chi connectivity index (χ0n) is 10.5. The van der Waals surface area contributed by atoms with Crippen molar-refractivity contribution in [1.29, 1.82) is 0 Å². The van der Waals surface area contributed by atoms with Gasteiger partial charge in [-0.3, -0.25) is 0 Å². The Bertz CT molecular complexity index is 374. The van der Waals surface area contributed by atoms with Gasteiger partial charge >= 0.3 is 0 Å². The topological polar surface area (TPSA) is 12.0 Å². The quantitative estimate of drug-likeness (QED) is 0.881. The molecule has 1 saturated heterocycles. The summed E-state index contributed by atoms with van der Waals surface area (Å²) in [7, 11) is 0. The van der Waals surface area contributed by atoms with Gasteiger partial charge in [-0.2, -0.15) is 11.8 Å². The van der Waals surface area contributed by atoms with Crippen molar-refractivity contribution in [1.82, 2.24) is 5.32 Å². The van der Waals surface area contributed by atoms with E-state index in [2.05, 4.69) is 18.3 Å². The number of thioether (sulfide) groups is 1. The first-order chi connectivity index (χ1) is 8.22. The molecule has 0 aromatic heterocycles. The molecule has 1 N–H and O–H groups in total. The van der Waals surface area contributed by atoms with Crippen LogP contribution in [0.5, 0.6) is 0 Å². The van der Waals surface area contributed by atoms with Crippen LogP contribution in [-0.2, 0) is 0 Å². The fourth-order valence-corrected chi connectivity index (χ4v) is 3.69. The van der Waals surface area contributed by atoms with Gasteiger partial charge in [0.2, 0.25) is 0 Å². The van der Waals surface area contributed by atoms with Gasteiger partial charge in [0.05, 0.1) is 0 Å². The molecule has 1 aliphatic heterocycles. The molecule has 2 unspecified atom stereocenters. The van der Waals surface area contributed by atoms with Crippen molar-refractivity contribution in [2.24, 2.45) is 5.92 Å². The number of hydrogen-bond donors (Lipinski definition) is 1. The predicted octanol–water partition coefficient (Wildman–Crippen LogP) is 3.54. The molecular weight excluding hydrogens is 233 g/mol. The van der Waals surface area contributed by atoms with Gasteiger partial charge in [0, 0.05) is 6.04 Å². The molecule has 0 bridgehead atoms. The van der Waals surface area contributed by atoms with Crippen LogP contribution >= 0.6 is 11.8 Å². The van der Waals surface area contributed by atoms with Crippen LogP contribution in [0.3, 0.4) is 0 Å². The minimum Gasteiger partial charge on any atom is -0.310 e. The summed E-state index contributed by atoms with van der Waals surface area (Å²) in [6.45, 7) is 4.85. The van der Waals surface area contributed by atoms with E-state index in [1.165, 1.54) is 17.9 Å². The molecule has 0 amide bonds. The fourth-order valence-electron chi connectivity index (χ4n) is 2.39. The molecule has 94 valence electrons. The number of aryl methyl sites for hydroxylation is 1. The Morgan fingerprint density at radius 1 is 1.53 bits per heavy atom. The van der Waals surface area contributed by atoms with Crippen molar-refractivity contribution in [3.05, 3.63) is 35.1 Å². The smallest absolute Gasteiger partial charge is 0.126 e. The SMILES string of the molecule is CCNC(c1ccc(C)c(F)c1)C1CCSC1. The second-order valence-electron chi connectivity index (χ2n) is 4.67. The van der Waals surface area contributed by atoms with Crippen LogP contribution in [0, 0.1) is 18.7 Å². The summed E-state index contributed by atoms with van der Waals surface area (Å²) in [4.78, 5) is 0. The Balaban J connectivity index is 2.21. The third kappa shape index (κ3) is 3.02. The number of halogens is 1. The lowest BCUT2D eigenvalue weighted by molar-refractivity contribution is 0.399. The molecule has 0 radical (unpaired) electrons. The van der Waals surface area contributed by atoms with Crippen LogP contribution in [0.15, 0.2) is 18.2 Å². The summed E-state index contributed by atoms with van der Waals surface area (Å²) in [5.74, 6) is 2.98. The van der Waals surface area contributed by atoms with E-state index in [1.807, 2.05) is 24.8 Å². The van der Waals surface area contributed by atoms with E-state index in [1.54, 1.807) is 6.07 Å². The monoisotopic (exact) mass is 253 g/mol. The molecular formula is C14H20FNS. The summed E-state index contributed by atoms with van der Waals surface area (Å²) >= 11 is 2.00. The van der Waals surface area contributed by atoms with Crippen LogP contribution in [0.2, 0.25) is 0 Å². The first kappa shape index (κ1) is 12.9.